The number of halogens is 1. The Balaban J connectivity index is 1.45. The molecular formula is C27H27FN2O4. The second kappa shape index (κ2) is 9.55. The zero-order chi connectivity index (χ0) is 24.3. The highest BCUT2D eigenvalue weighted by Gasteiger charge is 2.24. The molecule has 0 aromatic heterocycles. The molecular weight excluding hydrogens is 435 g/mol. The van der Waals surface area contributed by atoms with Gasteiger partial charge in [0.2, 0.25) is 0 Å². The molecule has 176 valence electrons. The smallest absolute Gasteiger partial charge is 0.258 e. The summed E-state index contributed by atoms with van der Waals surface area (Å²) in [4.78, 5) is 25.4. The first-order chi connectivity index (χ1) is 16.2. The number of benzene rings is 3. The summed E-state index contributed by atoms with van der Waals surface area (Å²) in [5, 5.41) is 5.68. The summed E-state index contributed by atoms with van der Waals surface area (Å²) in [6.07, 6.45) is 0. The Hall–Kier alpha value is -3.87. The van der Waals surface area contributed by atoms with Crippen molar-refractivity contribution in [2.75, 3.05) is 25.1 Å². The molecule has 0 spiro atoms. The van der Waals surface area contributed by atoms with Gasteiger partial charge < -0.3 is 20.1 Å². The lowest BCUT2D eigenvalue weighted by Gasteiger charge is -2.28. The van der Waals surface area contributed by atoms with E-state index < -0.39 is 11.7 Å². The van der Waals surface area contributed by atoms with Gasteiger partial charge in [0, 0.05) is 23.2 Å². The Morgan fingerprint density at radius 2 is 1.68 bits per heavy atom. The van der Waals surface area contributed by atoms with Gasteiger partial charge in [0.15, 0.2) is 11.5 Å². The zero-order valence-corrected chi connectivity index (χ0v) is 19.4. The fourth-order valence-corrected chi connectivity index (χ4v) is 3.70. The van der Waals surface area contributed by atoms with Crippen LogP contribution in [0.4, 0.5) is 10.1 Å². The van der Waals surface area contributed by atoms with E-state index in [9.17, 15) is 14.0 Å². The van der Waals surface area contributed by atoms with Gasteiger partial charge in [0.05, 0.1) is 5.56 Å². The molecule has 1 aliphatic heterocycles. The molecule has 0 bridgehead atoms. The largest absolute Gasteiger partial charge is 0.486 e. The normalized spacial score (nSPS) is 12.7. The van der Waals surface area contributed by atoms with Crippen molar-refractivity contribution in [3.05, 3.63) is 88.7 Å². The van der Waals surface area contributed by atoms with Gasteiger partial charge in [-0.2, -0.15) is 0 Å². The van der Waals surface area contributed by atoms with Crippen LogP contribution in [-0.2, 0) is 5.41 Å². The SMILES string of the molecule is Cc1ccc(C(=O)NCC(C)(C)c2ccc3c(c2)OCCO3)cc1NC(=O)c1ccccc1F. The van der Waals surface area contributed by atoms with Crippen molar-refractivity contribution < 1.29 is 23.5 Å². The molecule has 3 aromatic carbocycles. The van der Waals surface area contributed by atoms with Crippen LogP contribution in [0, 0.1) is 12.7 Å². The van der Waals surface area contributed by atoms with Gasteiger partial charge in [0.1, 0.15) is 19.0 Å². The molecule has 0 aliphatic carbocycles. The highest BCUT2D eigenvalue weighted by atomic mass is 19.1. The van der Waals surface area contributed by atoms with Gasteiger partial charge in [-0.1, -0.05) is 38.1 Å². The number of amides is 2. The number of carbonyl (C=O) groups is 2. The van der Waals surface area contributed by atoms with Gasteiger partial charge >= 0.3 is 0 Å². The first-order valence-electron chi connectivity index (χ1n) is 11.1. The minimum absolute atomic E-state index is 0.0575. The van der Waals surface area contributed by atoms with Crippen LogP contribution in [0.15, 0.2) is 60.7 Å². The molecule has 4 rings (SSSR count). The van der Waals surface area contributed by atoms with Gasteiger partial charge in [-0.15, -0.1) is 0 Å². The van der Waals surface area contributed by atoms with Crippen molar-refractivity contribution in [3.63, 3.8) is 0 Å². The lowest BCUT2D eigenvalue weighted by molar-refractivity contribution is 0.0944. The molecule has 0 unspecified atom stereocenters. The summed E-state index contributed by atoms with van der Waals surface area (Å²) in [5.41, 5.74) is 2.20. The first kappa shape index (κ1) is 23.3. The van der Waals surface area contributed by atoms with E-state index in [0.29, 0.717) is 36.8 Å². The number of aryl methyl sites for hydroxylation is 1. The number of carbonyl (C=O) groups excluding carboxylic acids is 2. The van der Waals surface area contributed by atoms with E-state index in [1.54, 1.807) is 24.3 Å². The van der Waals surface area contributed by atoms with Crippen molar-refractivity contribution >= 4 is 17.5 Å². The second-order valence-corrected chi connectivity index (χ2v) is 8.89. The summed E-state index contributed by atoms with van der Waals surface area (Å²) < 4.78 is 25.2. The maximum atomic E-state index is 14.0. The predicted octanol–water partition coefficient (Wildman–Crippen LogP) is 4.87. The lowest BCUT2D eigenvalue weighted by Crippen LogP contribution is -2.36. The average Bonchev–Trinajstić information content (AvgIpc) is 2.83. The van der Waals surface area contributed by atoms with Gasteiger partial charge in [-0.25, -0.2) is 4.39 Å². The molecule has 6 nitrogen and oxygen atoms in total. The van der Waals surface area contributed by atoms with Crippen LogP contribution in [0.2, 0.25) is 0 Å². The summed E-state index contributed by atoms with van der Waals surface area (Å²) in [6, 6.07) is 16.6. The maximum Gasteiger partial charge on any atom is 0.258 e. The monoisotopic (exact) mass is 462 g/mol. The van der Waals surface area contributed by atoms with Gasteiger partial charge in [-0.05, 0) is 54.4 Å². The van der Waals surface area contributed by atoms with Crippen molar-refractivity contribution in [3.8, 4) is 11.5 Å². The van der Waals surface area contributed by atoms with E-state index >= 15 is 0 Å². The third-order valence-corrected chi connectivity index (χ3v) is 5.88. The Bertz CT molecular complexity index is 1240. The molecule has 1 heterocycles. The van der Waals surface area contributed by atoms with Crippen LogP contribution in [0.5, 0.6) is 11.5 Å². The number of hydrogen-bond donors (Lipinski definition) is 2. The number of nitrogens with one attached hydrogen (secondary N) is 2. The van der Waals surface area contributed by atoms with Crippen LogP contribution in [0.25, 0.3) is 0 Å². The Labute approximate surface area is 198 Å². The second-order valence-electron chi connectivity index (χ2n) is 8.89. The number of fused-ring (bicyclic) bond motifs is 1. The maximum absolute atomic E-state index is 14.0. The predicted molar refractivity (Wildman–Crippen MR) is 128 cm³/mol. The molecule has 0 saturated carbocycles. The Morgan fingerprint density at radius 1 is 0.941 bits per heavy atom. The number of rotatable bonds is 6. The molecule has 3 aromatic rings. The van der Waals surface area contributed by atoms with Crippen LogP contribution in [0.3, 0.4) is 0 Å². The molecule has 2 amide bonds. The summed E-state index contributed by atoms with van der Waals surface area (Å²) in [5.74, 6) is -0.0187. The van der Waals surface area contributed by atoms with Crippen LogP contribution >= 0.6 is 0 Å². The van der Waals surface area contributed by atoms with Crippen LogP contribution in [-0.4, -0.2) is 31.6 Å². The van der Waals surface area contributed by atoms with Crippen molar-refractivity contribution in [2.45, 2.75) is 26.2 Å². The van der Waals surface area contributed by atoms with E-state index in [2.05, 4.69) is 10.6 Å². The minimum Gasteiger partial charge on any atom is -0.486 e. The number of hydrogen-bond acceptors (Lipinski definition) is 4. The average molecular weight is 463 g/mol. The molecule has 0 atom stereocenters. The topological polar surface area (TPSA) is 76.7 Å². The Morgan fingerprint density at radius 3 is 2.44 bits per heavy atom. The van der Waals surface area contributed by atoms with E-state index in [-0.39, 0.29) is 16.9 Å². The molecule has 34 heavy (non-hydrogen) atoms. The molecule has 0 radical (unpaired) electrons. The molecule has 0 saturated heterocycles. The fraction of sp³-hybridized carbons (Fsp3) is 0.259. The van der Waals surface area contributed by atoms with Gasteiger partial charge in [-0.3, -0.25) is 9.59 Å². The summed E-state index contributed by atoms with van der Waals surface area (Å²) >= 11 is 0. The van der Waals surface area contributed by atoms with E-state index in [0.717, 1.165) is 16.9 Å². The van der Waals surface area contributed by atoms with Crippen molar-refractivity contribution in [1.29, 1.82) is 0 Å². The Kier molecular flexibility index (Phi) is 6.54. The molecule has 1 aliphatic rings. The highest BCUT2D eigenvalue weighted by Crippen LogP contribution is 2.35. The molecule has 7 heteroatoms. The van der Waals surface area contributed by atoms with Crippen molar-refractivity contribution in [2.24, 2.45) is 0 Å². The summed E-state index contributed by atoms with van der Waals surface area (Å²) in [7, 11) is 0. The van der Waals surface area contributed by atoms with E-state index in [1.165, 1.54) is 18.2 Å². The van der Waals surface area contributed by atoms with E-state index in [1.807, 2.05) is 39.0 Å². The fourth-order valence-electron chi connectivity index (χ4n) is 3.70. The highest BCUT2D eigenvalue weighted by molar-refractivity contribution is 6.05. The molecule has 0 fully saturated rings. The van der Waals surface area contributed by atoms with Crippen LogP contribution < -0.4 is 20.1 Å². The quantitative estimate of drug-likeness (QED) is 0.548. The zero-order valence-electron chi connectivity index (χ0n) is 19.4. The van der Waals surface area contributed by atoms with Crippen molar-refractivity contribution in [1.82, 2.24) is 5.32 Å². The minimum atomic E-state index is -0.604. The number of ether oxygens (including phenoxy) is 2. The van der Waals surface area contributed by atoms with Gasteiger partial charge in [0.25, 0.3) is 11.8 Å². The third kappa shape index (κ3) is 5.03. The third-order valence-electron chi connectivity index (χ3n) is 5.88. The lowest BCUT2D eigenvalue weighted by atomic mass is 9.84. The first-order valence-corrected chi connectivity index (χ1v) is 11.1. The number of anilines is 1. The van der Waals surface area contributed by atoms with E-state index in [4.69, 9.17) is 9.47 Å². The summed E-state index contributed by atoms with van der Waals surface area (Å²) in [6.45, 7) is 7.31. The standard InChI is InChI=1S/C27H27FN2O4/c1-17-8-9-18(14-22(17)30-26(32)20-6-4-5-7-21(20)28)25(31)29-16-27(2,3)19-10-11-23-24(15-19)34-13-12-33-23/h4-11,14-15H,12-13,16H2,1-3H3,(H,29,31)(H,30,32). The van der Waals surface area contributed by atoms with Crippen LogP contribution in [0.1, 0.15) is 45.7 Å². The molecule has 2 N–H and O–H groups in total.